The monoisotopic (exact) mass is 387 g/mol. The number of thioether (sulfide) groups is 1. The summed E-state index contributed by atoms with van der Waals surface area (Å²) >= 11 is 3.07. The molecular formula is C19H21N3O2S2. The van der Waals surface area contributed by atoms with Crippen LogP contribution in [0.1, 0.15) is 18.7 Å². The Kier molecular flexibility index (Phi) is 6.11. The molecule has 7 heteroatoms. The van der Waals surface area contributed by atoms with Crippen molar-refractivity contribution in [1.29, 1.82) is 0 Å². The van der Waals surface area contributed by atoms with Gasteiger partial charge in [0.1, 0.15) is 0 Å². The molecule has 0 spiro atoms. The van der Waals surface area contributed by atoms with Gasteiger partial charge in [-0.15, -0.1) is 21.5 Å². The number of carbonyl (C=O) groups is 1. The Morgan fingerprint density at radius 1 is 1.23 bits per heavy atom. The molecule has 5 nitrogen and oxygen atoms in total. The van der Waals surface area contributed by atoms with Gasteiger partial charge < -0.3 is 9.30 Å². The fourth-order valence-corrected chi connectivity index (χ4v) is 4.45. The van der Waals surface area contributed by atoms with Gasteiger partial charge in [-0.3, -0.25) is 4.79 Å². The molecule has 0 amide bonds. The number of hydrogen-bond acceptors (Lipinski definition) is 6. The average Bonchev–Trinajstić information content (AvgIpc) is 3.23. The largest absolute Gasteiger partial charge is 0.465 e. The van der Waals surface area contributed by atoms with Gasteiger partial charge in [0.05, 0.1) is 12.4 Å². The zero-order valence-corrected chi connectivity index (χ0v) is 16.7. The molecule has 3 aromatic rings. The Bertz CT molecular complexity index is 888. The van der Waals surface area contributed by atoms with Gasteiger partial charge >= 0.3 is 5.97 Å². The Labute approximate surface area is 161 Å². The summed E-state index contributed by atoms with van der Waals surface area (Å²) in [5.74, 6) is 0.836. The molecule has 2 heterocycles. The quantitative estimate of drug-likeness (QED) is 0.436. The molecule has 0 radical (unpaired) electrons. The molecule has 0 aliphatic rings. The number of hydrogen-bond donors (Lipinski definition) is 0. The van der Waals surface area contributed by atoms with Gasteiger partial charge in [-0.1, -0.05) is 42.1 Å². The fraction of sp³-hybridized carbons (Fsp3) is 0.316. The number of nitrogens with zero attached hydrogens (tertiary/aromatic N) is 3. The highest BCUT2D eigenvalue weighted by Gasteiger charge is 2.20. The molecule has 26 heavy (non-hydrogen) atoms. The molecule has 0 aliphatic carbocycles. The Morgan fingerprint density at radius 2 is 2.00 bits per heavy atom. The highest BCUT2D eigenvalue weighted by Crippen LogP contribution is 2.39. The van der Waals surface area contributed by atoms with E-state index < -0.39 is 0 Å². The van der Waals surface area contributed by atoms with Gasteiger partial charge in [0, 0.05) is 27.9 Å². The second-order valence-corrected chi connectivity index (χ2v) is 7.62. The molecule has 1 aromatic carbocycles. The van der Waals surface area contributed by atoms with Crippen molar-refractivity contribution in [3.63, 3.8) is 0 Å². The van der Waals surface area contributed by atoms with Gasteiger partial charge in [-0.2, -0.15) is 0 Å². The lowest BCUT2D eigenvalue weighted by Gasteiger charge is -2.09. The first-order valence-electron chi connectivity index (χ1n) is 8.51. The van der Waals surface area contributed by atoms with E-state index in [1.165, 1.54) is 27.8 Å². The van der Waals surface area contributed by atoms with Gasteiger partial charge in [-0.25, -0.2) is 0 Å². The summed E-state index contributed by atoms with van der Waals surface area (Å²) in [6.45, 7) is 7.11. The van der Waals surface area contributed by atoms with Crippen molar-refractivity contribution in [2.24, 2.45) is 0 Å². The van der Waals surface area contributed by atoms with E-state index in [1.807, 2.05) is 18.2 Å². The second-order valence-electron chi connectivity index (χ2n) is 5.59. The van der Waals surface area contributed by atoms with Crippen molar-refractivity contribution < 1.29 is 9.53 Å². The van der Waals surface area contributed by atoms with E-state index in [1.54, 1.807) is 18.3 Å². The SMILES string of the molecule is CCOC(=O)CSc1nnc(-c2csc(C)c2-c2ccccc2)n1CC. The van der Waals surface area contributed by atoms with E-state index in [-0.39, 0.29) is 11.7 Å². The summed E-state index contributed by atoms with van der Waals surface area (Å²) in [5, 5.41) is 11.6. The lowest BCUT2D eigenvalue weighted by molar-refractivity contribution is -0.139. The molecular weight excluding hydrogens is 366 g/mol. The lowest BCUT2D eigenvalue weighted by Crippen LogP contribution is -2.08. The third kappa shape index (κ3) is 3.83. The van der Waals surface area contributed by atoms with Crippen LogP contribution in [-0.2, 0) is 16.1 Å². The van der Waals surface area contributed by atoms with Crippen molar-refractivity contribution in [3.05, 3.63) is 40.6 Å². The molecule has 0 atom stereocenters. The van der Waals surface area contributed by atoms with E-state index in [9.17, 15) is 4.79 Å². The number of aromatic nitrogens is 3. The third-order valence-electron chi connectivity index (χ3n) is 3.94. The van der Waals surface area contributed by atoms with Gasteiger partial charge in [0.2, 0.25) is 0 Å². The maximum atomic E-state index is 11.6. The van der Waals surface area contributed by atoms with E-state index >= 15 is 0 Å². The average molecular weight is 388 g/mol. The maximum absolute atomic E-state index is 11.6. The molecule has 0 N–H and O–H groups in total. The molecule has 0 fully saturated rings. The molecule has 0 aliphatic heterocycles. The smallest absolute Gasteiger partial charge is 0.316 e. The maximum Gasteiger partial charge on any atom is 0.316 e. The number of aryl methyl sites for hydroxylation is 1. The highest BCUT2D eigenvalue weighted by molar-refractivity contribution is 7.99. The first-order valence-corrected chi connectivity index (χ1v) is 10.4. The van der Waals surface area contributed by atoms with Crippen LogP contribution in [-0.4, -0.2) is 33.1 Å². The Hall–Kier alpha value is -2.12. The van der Waals surface area contributed by atoms with E-state index in [2.05, 4.69) is 46.1 Å². The number of ether oxygens (including phenoxy) is 1. The molecule has 136 valence electrons. The Balaban J connectivity index is 1.95. The number of carbonyl (C=O) groups excluding carboxylic acids is 1. The summed E-state index contributed by atoms with van der Waals surface area (Å²) in [5.41, 5.74) is 3.45. The van der Waals surface area contributed by atoms with Gasteiger partial charge in [0.25, 0.3) is 0 Å². The minimum absolute atomic E-state index is 0.235. The first-order chi connectivity index (χ1) is 12.7. The van der Waals surface area contributed by atoms with Crippen LogP contribution in [0, 0.1) is 6.92 Å². The topological polar surface area (TPSA) is 57.0 Å². The van der Waals surface area contributed by atoms with Crippen LogP contribution < -0.4 is 0 Å². The summed E-state index contributed by atoms with van der Waals surface area (Å²) in [7, 11) is 0. The Morgan fingerprint density at radius 3 is 2.69 bits per heavy atom. The minimum Gasteiger partial charge on any atom is -0.465 e. The summed E-state index contributed by atoms with van der Waals surface area (Å²) in [6.07, 6.45) is 0. The molecule has 0 saturated carbocycles. The van der Waals surface area contributed by atoms with Crippen molar-refractivity contribution in [2.75, 3.05) is 12.4 Å². The third-order valence-corrected chi connectivity index (χ3v) is 5.79. The number of benzene rings is 1. The van der Waals surface area contributed by atoms with Crippen molar-refractivity contribution in [1.82, 2.24) is 14.8 Å². The van der Waals surface area contributed by atoms with Crippen LogP contribution in [0.2, 0.25) is 0 Å². The van der Waals surface area contributed by atoms with E-state index in [0.29, 0.717) is 6.61 Å². The first kappa shape index (κ1) is 18.7. The molecule has 0 bridgehead atoms. The van der Waals surface area contributed by atoms with Gasteiger partial charge in [0.15, 0.2) is 11.0 Å². The van der Waals surface area contributed by atoms with Crippen molar-refractivity contribution in [2.45, 2.75) is 32.5 Å². The van der Waals surface area contributed by atoms with Crippen molar-refractivity contribution in [3.8, 4) is 22.5 Å². The summed E-state index contributed by atoms with van der Waals surface area (Å²) < 4.78 is 7.05. The standard InChI is InChI=1S/C19H21N3O2S2/c1-4-22-18(20-21-19(22)26-12-16(23)24-5-2)15-11-25-13(3)17(15)14-9-7-6-8-10-14/h6-11H,4-5,12H2,1-3H3. The normalized spacial score (nSPS) is 10.9. The zero-order valence-electron chi connectivity index (χ0n) is 15.1. The number of esters is 1. The molecule has 0 saturated heterocycles. The second kappa shape index (κ2) is 8.51. The zero-order chi connectivity index (χ0) is 18.5. The lowest BCUT2D eigenvalue weighted by atomic mass is 10.0. The van der Waals surface area contributed by atoms with Crippen LogP contribution in [0.15, 0.2) is 40.9 Å². The van der Waals surface area contributed by atoms with E-state index in [4.69, 9.17) is 4.74 Å². The summed E-state index contributed by atoms with van der Waals surface area (Å²) in [4.78, 5) is 12.9. The number of thiophene rings is 1. The predicted molar refractivity (Wildman–Crippen MR) is 107 cm³/mol. The van der Waals surface area contributed by atoms with Crippen LogP contribution in [0.5, 0.6) is 0 Å². The van der Waals surface area contributed by atoms with Crippen LogP contribution >= 0.6 is 23.1 Å². The van der Waals surface area contributed by atoms with Crippen LogP contribution in [0.3, 0.4) is 0 Å². The summed E-state index contributed by atoms with van der Waals surface area (Å²) in [6, 6.07) is 10.3. The minimum atomic E-state index is -0.235. The molecule has 3 rings (SSSR count). The van der Waals surface area contributed by atoms with E-state index in [0.717, 1.165) is 23.1 Å². The number of rotatable bonds is 7. The van der Waals surface area contributed by atoms with Crippen LogP contribution in [0.25, 0.3) is 22.5 Å². The molecule has 0 unspecified atom stereocenters. The molecule has 2 aromatic heterocycles. The van der Waals surface area contributed by atoms with Gasteiger partial charge in [-0.05, 0) is 26.3 Å². The fourth-order valence-electron chi connectivity index (χ4n) is 2.79. The van der Waals surface area contributed by atoms with Crippen molar-refractivity contribution >= 4 is 29.1 Å². The predicted octanol–water partition coefficient (Wildman–Crippen LogP) is 4.66. The highest BCUT2D eigenvalue weighted by atomic mass is 32.2. The van der Waals surface area contributed by atoms with Crippen LogP contribution in [0.4, 0.5) is 0 Å².